The Kier molecular flexibility index (Phi) is 4.49. The lowest BCUT2D eigenvalue weighted by atomic mass is 9.40. The van der Waals surface area contributed by atoms with Crippen LogP contribution in [0, 0.1) is 40.4 Å². The van der Waals surface area contributed by atoms with Crippen molar-refractivity contribution in [3.63, 3.8) is 0 Å². The third-order valence-corrected chi connectivity index (χ3v) is 9.85. The Labute approximate surface area is 158 Å². The summed E-state index contributed by atoms with van der Waals surface area (Å²) in [6, 6.07) is 0. The van der Waals surface area contributed by atoms with Crippen molar-refractivity contribution in [2.24, 2.45) is 40.4 Å². The molecule has 148 valence electrons. The first-order chi connectivity index (χ1) is 12.2. The highest BCUT2D eigenvalue weighted by molar-refractivity contribution is 5.71. The number of hydrogen-bond acceptors (Lipinski definition) is 2. The van der Waals surface area contributed by atoms with Crippen molar-refractivity contribution >= 4 is 5.97 Å². The summed E-state index contributed by atoms with van der Waals surface area (Å²) in [5.74, 6) is 2.06. The second-order valence-electron chi connectivity index (χ2n) is 10.8. The Balaban J connectivity index is 1.65. The summed E-state index contributed by atoms with van der Waals surface area (Å²) in [4.78, 5) is 12.0. The van der Waals surface area contributed by atoms with Gasteiger partial charge in [0.15, 0.2) is 0 Å². The molecule has 26 heavy (non-hydrogen) atoms. The van der Waals surface area contributed by atoms with Crippen LogP contribution in [0.5, 0.6) is 0 Å². The molecule has 3 heteroatoms. The quantitative estimate of drug-likeness (QED) is 0.704. The van der Waals surface area contributed by atoms with E-state index in [1.54, 1.807) is 0 Å². The minimum Gasteiger partial charge on any atom is -0.481 e. The number of carboxylic acids is 1. The number of aliphatic carboxylic acids is 1. The van der Waals surface area contributed by atoms with Gasteiger partial charge in [-0.3, -0.25) is 4.79 Å². The van der Waals surface area contributed by atoms with Gasteiger partial charge in [-0.1, -0.05) is 20.3 Å². The average molecular weight is 363 g/mol. The number of carboxylic acid groups (broad SMARTS) is 1. The van der Waals surface area contributed by atoms with E-state index >= 15 is 0 Å². The predicted octanol–water partition coefficient (Wildman–Crippen LogP) is 5.26. The Morgan fingerprint density at radius 1 is 1.00 bits per heavy atom. The van der Waals surface area contributed by atoms with Crippen LogP contribution in [0.2, 0.25) is 0 Å². The molecule has 0 bridgehead atoms. The zero-order chi connectivity index (χ0) is 18.7. The summed E-state index contributed by atoms with van der Waals surface area (Å²) in [6.07, 6.45) is 12.4. The predicted molar refractivity (Wildman–Crippen MR) is 103 cm³/mol. The average Bonchev–Trinajstić information content (AvgIpc) is 2.59. The van der Waals surface area contributed by atoms with Gasteiger partial charge in [-0.2, -0.15) is 0 Å². The van der Waals surface area contributed by atoms with Crippen LogP contribution < -0.4 is 0 Å². The van der Waals surface area contributed by atoms with E-state index in [0.717, 1.165) is 43.9 Å². The molecule has 0 heterocycles. The fraction of sp³-hybridized carbons (Fsp3) is 0.957. The SMILES string of the molecule is CC[C@]12CC[C@@](C)(O)C[C@H]1CC[C@H]1[C@@H]3CCC[C@H](C(=O)O)[C@@]3(C)CC[C@@H]12. The van der Waals surface area contributed by atoms with Crippen molar-refractivity contribution in [2.45, 2.75) is 97.0 Å². The highest BCUT2D eigenvalue weighted by Crippen LogP contribution is 2.68. The van der Waals surface area contributed by atoms with E-state index in [2.05, 4.69) is 13.8 Å². The minimum absolute atomic E-state index is 0.00712. The van der Waals surface area contributed by atoms with Gasteiger partial charge in [0.25, 0.3) is 0 Å². The second-order valence-corrected chi connectivity index (χ2v) is 10.8. The molecule has 4 rings (SSSR count). The molecule has 0 unspecified atom stereocenters. The van der Waals surface area contributed by atoms with Crippen molar-refractivity contribution in [1.82, 2.24) is 0 Å². The third kappa shape index (κ3) is 2.59. The molecule has 4 saturated carbocycles. The van der Waals surface area contributed by atoms with E-state index in [4.69, 9.17) is 0 Å². The molecular formula is C23H38O3. The topological polar surface area (TPSA) is 57.5 Å². The molecule has 2 N–H and O–H groups in total. The Bertz CT molecular complexity index is 570. The van der Waals surface area contributed by atoms with Gasteiger partial charge in [-0.15, -0.1) is 0 Å². The summed E-state index contributed by atoms with van der Waals surface area (Å²) in [5.41, 5.74) is -0.0611. The molecule has 3 nitrogen and oxygen atoms in total. The highest BCUT2D eigenvalue weighted by atomic mass is 16.4. The first-order valence-electron chi connectivity index (χ1n) is 11.2. The monoisotopic (exact) mass is 362 g/mol. The molecule has 0 spiro atoms. The van der Waals surface area contributed by atoms with Crippen LogP contribution in [-0.4, -0.2) is 21.8 Å². The number of fused-ring (bicyclic) bond motifs is 5. The van der Waals surface area contributed by atoms with Crippen molar-refractivity contribution in [3.05, 3.63) is 0 Å². The molecule has 0 saturated heterocycles. The first-order valence-corrected chi connectivity index (χ1v) is 11.2. The maximum Gasteiger partial charge on any atom is 0.307 e. The molecule has 4 aliphatic carbocycles. The molecule has 4 fully saturated rings. The van der Waals surface area contributed by atoms with Crippen LogP contribution in [0.4, 0.5) is 0 Å². The molecule has 4 aliphatic rings. The van der Waals surface area contributed by atoms with Gasteiger partial charge in [0.1, 0.15) is 0 Å². The molecule has 0 amide bonds. The maximum atomic E-state index is 12.0. The second kappa shape index (κ2) is 6.22. The van der Waals surface area contributed by atoms with Crippen molar-refractivity contribution in [3.8, 4) is 0 Å². The zero-order valence-corrected chi connectivity index (χ0v) is 17.0. The number of hydrogen-bond donors (Lipinski definition) is 2. The summed E-state index contributed by atoms with van der Waals surface area (Å²) in [7, 11) is 0. The highest BCUT2D eigenvalue weighted by Gasteiger charge is 2.61. The number of rotatable bonds is 2. The van der Waals surface area contributed by atoms with E-state index < -0.39 is 11.6 Å². The van der Waals surface area contributed by atoms with Crippen LogP contribution in [0.25, 0.3) is 0 Å². The van der Waals surface area contributed by atoms with Gasteiger partial charge in [0.05, 0.1) is 11.5 Å². The molecular weight excluding hydrogens is 324 g/mol. The molecule has 0 radical (unpaired) electrons. The lowest BCUT2D eigenvalue weighted by molar-refractivity contribution is -0.182. The lowest BCUT2D eigenvalue weighted by Crippen LogP contribution is -2.58. The number of carbonyl (C=O) groups is 1. The number of aliphatic hydroxyl groups is 1. The van der Waals surface area contributed by atoms with Crippen LogP contribution >= 0.6 is 0 Å². The van der Waals surface area contributed by atoms with Crippen LogP contribution in [0.3, 0.4) is 0 Å². The van der Waals surface area contributed by atoms with E-state index in [1.165, 1.54) is 38.5 Å². The van der Waals surface area contributed by atoms with Gasteiger partial charge in [0.2, 0.25) is 0 Å². The molecule has 0 aliphatic heterocycles. The summed E-state index contributed by atoms with van der Waals surface area (Å²) < 4.78 is 0. The van der Waals surface area contributed by atoms with Crippen molar-refractivity contribution in [2.75, 3.05) is 0 Å². The maximum absolute atomic E-state index is 12.0. The standard InChI is InChI=1S/C23H38O3/c1-4-23-13-12-21(2,26)14-15(23)8-9-16-17-6-5-7-19(20(24)25)22(17,3)11-10-18(16)23/h15-19,26H,4-14H2,1-3H3,(H,24,25)/t15-,16+,17+,18+,19-,21-,22+,23+/m1/s1. The molecule has 8 atom stereocenters. The van der Waals surface area contributed by atoms with Crippen LogP contribution in [-0.2, 0) is 4.79 Å². The van der Waals surface area contributed by atoms with E-state index in [9.17, 15) is 15.0 Å². The fourth-order valence-corrected chi connectivity index (χ4v) is 8.55. The van der Waals surface area contributed by atoms with Gasteiger partial charge in [0, 0.05) is 0 Å². The summed E-state index contributed by atoms with van der Waals surface area (Å²) in [6.45, 7) is 6.72. The van der Waals surface area contributed by atoms with E-state index in [-0.39, 0.29) is 11.3 Å². The lowest BCUT2D eigenvalue weighted by Gasteiger charge is -2.65. The Hall–Kier alpha value is -0.570. The largest absolute Gasteiger partial charge is 0.481 e. The van der Waals surface area contributed by atoms with Gasteiger partial charge in [-0.25, -0.2) is 0 Å². The summed E-state index contributed by atoms with van der Waals surface area (Å²) >= 11 is 0. The minimum atomic E-state index is -0.553. The van der Waals surface area contributed by atoms with Crippen molar-refractivity contribution < 1.29 is 15.0 Å². The molecule has 0 aromatic carbocycles. The normalized spacial score (nSPS) is 53.9. The fourth-order valence-electron chi connectivity index (χ4n) is 8.55. The van der Waals surface area contributed by atoms with Gasteiger partial charge < -0.3 is 10.2 Å². The Morgan fingerprint density at radius 3 is 2.46 bits per heavy atom. The van der Waals surface area contributed by atoms with Crippen molar-refractivity contribution in [1.29, 1.82) is 0 Å². The van der Waals surface area contributed by atoms with Crippen LogP contribution in [0.1, 0.15) is 91.4 Å². The third-order valence-electron chi connectivity index (χ3n) is 9.85. The first kappa shape index (κ1) is 18.8. The zero-order valence-electron chi connectivity index (χ0n) is 17.0. The molecule has 0 aromatic heterocycles. The van der Waals surface area contributed by atoms with Crippen LogP contribution in [0.15, 0.2) is 0 Å². The Morgan fingerprint density at radius 2 is 1.77 bits per heavy atom. The van der Waals surface area contributed by atoms with Gasteiger partial charge in [-0.05, 0) is 106 Å². The molecule has 0 aromatic rings. The summed E-state index contributed by atoms with van der Waals surface area (Å²) in [5, 5.41) is 20.5. The van der Waals surface area contributed by atoms with Gasteiger partial charge >= 0.3 is 5.97 Å². The van der Waals surface area contributed by atoms with E-state index in [1.807, 2.05) is 6.92 Å². The smallest absolute Gasteiger partial charge is 0.307 e. The van der Waals surface area contributed by atoms with E-state index in [0.29, 0.717) is 17.3 Å².